The van der Waals surface area contributed by atoms with Crippen molar-refractivity contribution >= 4 is 27.9 Å². The van der Waals surface area contributed by atoms with Crippen LogP contribution in [0.25, 0.3) is 0 Å². The molecule has 0 spiro atoms. The Morgan fingerprint density at radius 1 is 1.19 bits per heavy atom. The number of carbonyl (C=O) groups excluding carboxylic acids is 2. The van der Waals surface area contributed by atoms with E-state index in [-0.39, 0.29) is 31.7 Å². The second kappa shape index (κ2) is 9.29. The number of imide groups is 1. The van der Waals surface area contributed by atoms with Gasteiger partial charge in [-0.15, -0.1) is 0 Å². The molecule has 0 aromatic carbocycles. The maximum Gasteiger partial charge on any atom is 0.321 e. The van der Waals surface area contributed by atoms with Gasteiger partial charge in [0.25, 0.3) is 0 Å². The Balaban J connectivity index is 3.99. The summed E-state index contributed by atoms with van der Waals surface area (Å²) in [5.74, 6) is -2.33. The second-order valence-corrected chi connectivity index (χ2v) is 6.45. The van der Waals surface area contributed by atoms with E-state index in [2.05, 4.69) is 10.0 Å². The molecule has 3 amide bonds. The molecular weight excluding hydrogens is 302 g/mol. The minimum absolute atomic E-state index is 0.102. The number of aliphatic carboxylic acids is 1. The first-order chi connectivity index (χ1) is 9.66. The smallest absolute Gasteiger partial charge is 0.321 e. The van der Waals surface area contributed by atoms with E-state index in [1.54, 1.807) is 13.8 Å². The number of amides is 3. The van der Waals surface area contributed by atoms with Crippen LogP contribution in [0.5, 0.6) is 0 Å². The summed E-state index contributed by atoms with van der Waals surface area (Å²) in [6, 6.07) is -0.811. The van der Waals surface area contributed by atoms with Gasteiger partial charge in [-0.05, 0) is 5.92 Å². The van der Waals surface area contributed by atoms with E-state index >= 15 is 0 Å². The van der Waals surface area contributed by atoms with Crippen LogP contribution in [0.3, 0.4) is 0 Å². The van der Waals surface area contributed by atoms with Crippen LogP contribution in [0.15, 0.2) is 0 Å². The first-order valence-electron chi connectivity index (χ1n) is 6.43. The summed E-state index contributed by atoms with van der Waals surface area (Å²) in [6.45, 7) is 3.33. The predicted octanol–water partition coefficient (Wildman–Crippen LogP) is -0.748. The maximum atomic E-state index is 11.4. The molecule has 0 aromatic heterocycles. The van der Waals surface area contributed by atoms with Crippen molar-refractivity contribution in [3.05, 3.63) is 0 Å². The van der Waals surface area contributed by atoms with E-state index in [9.17, 15) is 22.8 Å². The number of rotatable bonds is 9. The minimum atomic E-state index is -3.43. The van der Waals surface area contributed by atoms with Gasteiger partial charge in [0.1, 0.15) is 0 Å². The van der Waals surface area contributed by atoms with Gasteiger partial charge in [-0.3, -0.25) is 14.9 Å². The molecule has 4 N–H and O–H groups in total. The third-order valence-electron chi connectivity index (χ3n) is 2.33. The number of hydrogen-bond acceptors (Lipinski definition) is 5. The molecular formula is C11H21N3O6S. The predicted molar refractivity (Wildman–Crippen MR) is 75.0 cm³/mol. The lowest BCUT2D eigenvalue weighted by molar-refractivity contribution is -0.138. The molecule has 0 aromatic rings. The first-order valence-corrected chi connectivity index (χ1v) is 8.08. The summed E-state index contributed by atoms with van der Waals surface area (Å²) in [4.78, 5) is 33.2. The summed E-state index contributed by atoms with van der Waals surface area (Å²) < 4.78 is 24.8. The molecule has 0 fully saturated rings. The molecule has 0 bridgehead atoms. The van der Waals surface area contributed by atoms with Crippen molar-refractivity contribution in [3.8, 4) is 0 Å². The van der Waals surface area contributed by atoms with E-state index in [1.807, 2.05) is 5.32 Å². The van der Waals surface area contributed by atoms with Gasteiger partial charge in [-0.25, -0.2) is 17.9 Å². The van der Waals surface area contributed by atoms with Crippen LogP contribution < -0.4 is 15.4 Å². The lowest BCUT2D eigenvalue weighted by Crippen LogP contribution is -2.42. The van der Waals surface area contributed by atoms with Crippen LogP contribution in [0, 0.1) is 5.92 Å². The fourth-order valence-electron chi connectivity index (χ4n) is 1.50. The zero-order chi connectivity index (χ0) is 16.5. The van der Waals surface area contributed by atoms with Crippen molar-refractivity contribution in [1.29, 1.82) is 0 Å². The molecule has 0 aliphatic heterocycles. The van der Waals surface area contributed by atoms with Crippen LogP contribution in [-0.2, 0) is 19.6 Å². The van der Waals surface area contributed by atoms with Crippen molar-refractivity contribution < 1.29 is 27.9 Å². The molecule has 9 nitrogen and oxygen atoms in total. The Morgan fingerprint density at radius 2 is 1.81 bits per heavy atom. The van der Waals surface area contributed by atoms with Crippen LogP contribution >= 0.6 is 0 Å². The molecule has 0 heterocycles. The van der Waals surface area contributed by atoms with Gasteiger partial charge in [0.05, 0.1) is 5.75 Å². The molecule has 0 rings (SSSR count). The van der Waals surface area contributed by atoms with Gasteiger partial charge in [0.2, 0.25) is 15.9 Å². The van der Waals surface area contributed by atoms with E-state index < -0.39 is 33.8 Å². The van der Waals surface area contributed by atoms with Crippen molar-refractivity contribution in [2.45, 2.75) is 26.7 Å². The van der Waals surface area contributed by atoms with Crippen LogP contribution in [0.1, 0.15) is 26.7 Å². The summed E-state index contributed by atoms with van der Waals surface area (Å²) in [5, 5.41) is 12.8. The summed E-state index contributed by atoms with van der Waals surface area (Å²) in [5.41, 5.74) is 0. The monoisotopic (exact) mass is 323 g/mol. The molecule has 1 atom stereocenters. The molecule has 122 valence electrons. The van der Waals surface area contributed by atoms with Gasteiger partial charge in [0.15, 0.2) is 0 Å². The number of carboxylic acid groups (broad SMARTS) is 1. The lowest BCUT2D eigenvalue weighted by Gasteiger charge is -2.10. The van der Waals surface area contributed by atoms with Crippen LogP contribution in [0.4, 0.5) is 4.79 Å². The Kier molecular flexibility index (Phi) is 8.55. The average Bonchev–Trinajstić information content (AvgIpc) is 2.26. The Bertz CT molecular complexity index is 476. The SMILES string of the molecule is CCNS(=O)(=O)CCNC(=O)NC(=O)CC(C)CC(=O)O. The van der Waals surface area contributed by atoms with Crippen LogP contribution in [-0.4, -0.2) is 50.3 Å². The highest BCUT2D eigenvalue weighted by Gasteiger charge is 2.15. The summed E-state index contributed by atoms with van der Waals surface area (Å²) in [7, 11) is -3.43. The normalized spacial score (nSPS) is 12.5. The van der Waals surface area contributed by atoms with Gasteiger partial charge < -0.3 is 10.4 Å². The molecule has 0 radical (unpaired) electrons. The van der Waals surface area contributed by atoms with Gasteiger partial charge >= 0.3 is 12.0 Å². The zero-order valence-electron chi connectivity index (χ0n) is 12.0. The molecule has 0 aliphatic carbocycles. The highest BCUT2D eigenvalue weighted by molar-refractivity contribution is 7.89. The summed E-state index contributed by atoms with van der Waals surface area (Å²) in [6.07, 6.45) is -0.272. The van der Waals surface area contributed by atoms with Gasteiger partial charge in [-0.2, -0.15) is 0 Å². The fraction of sp³-hybridized carbons (Fsp3) is 0.727. The zero-order valence-corrected chi connectivity index (χ0v) is 12.8. The van der Waals surface area contributed by atoms with Crippen LogP contribution in [0.2, 0.25) is 0 Å². The molecule has 0 saturated heterocycles. The topological polar surface area (TPSA) is 142 Å². The average molecular weight is 323 g/mol. The Labute approximate surface area is 123 Å². The Morgan fingerprint density at radius 3 is 2.33 bits per heavy atom. The van der Waals surface area contributed by atoms with Gasteiger partial charge in [-0.1, -0.05) is 13.8 Å². The largest absolute Gasteiger partial charge is 0.481 e. The third kappa shape index (κ3) is 10.7. The molecule has 21 heavy (non-hydrogen) atoms. The third-order valence-corrected chi connectivity index (χ3v) is 3.80. The molecule has 0 saturated carbocycles. The van der Waals surface area contributed by atoms with Gasteiger partial charge in [0, 0.05) is 25.9 Å². The number of nitrogens with one attached hydrogen (secondary N) is 3. The standard InChI is InChI=1S/C11H21N3O6S/c1-3-13-21(19,20)5-4-12-11(18)14-9(15)6-8(2)7-10(16)17/h8,13H,3-7H2,1-2H3,(H,16,17)(H2,12,14,15,18). The fourth-order valence-corrected chi connectivity index (χ4v) is 2.45. The highest BCUT2D eigenvalue weighted by Crippen LogP contribution is 2.06. The van der Waals surface area contributed by atoms with E-state index in [0.29, 0.717) is 0 Å². The number of carbonyl (C=O) groups is 3. The Hall–Kier alpha value is -1.68. The quantitative estimate of drug-likeness (QED) is 0.440. The van der Waals surface area contributed by atoms with E-state index in [0.717, 1.165) is 0 Å². The second-order valence-electron chi connectivity index (χ2n) is 4.53. The molecule has 0 aliphatic rings. The van der Waals surface area contributed by atoms with Crippen molar-refractivity contribution in [1.82, 2.24) is 15.4 Å². The first kappa shape index (κ1) is 19.3. The molecule has 10 heteroatoms. The maximum absolute atomic E-state index is 11.4. The number of hydrogen-bond donors (Lipinski definition) is 4. The lowest BCUT2D eigenvalue weighted by atomic mass is 10.0. The molecule has 1 unspecified atom stereocenters. The van der Waals surface area contributed by atoms with Crippen molar-refractivity contribution in [2.75, 3.05) is 18.8 Å². The van der Waals surface area contributed by atoms with Crippen molar-refractivity contribution in [2.24, 2.45) is 5.92 Å². The highest BCUT2D eigenvalue weighted by atomic mass is 32.2. The number of urea groups is 1. The number of sulfonamides is 1. The van der Waals surface area contributed by atoms with E-state index in [4.69, 9.17) is 5.11 Å². The summed E-state index contributed by atoms with van der Waals surface area (Å²) >= 11 is 0. The number of carboxylic acids is 1. The minimum Gasteiger partial charge on any atom is -0.481 e. The van der Waals surface area contributed by atoms with E-state index in [1.165, 1.54) is 0 Å². The van der Waals surface area contributed by atoms with Crippen molar-refractivity contribution in [3.63, 3.8) is 0 Å².